The van der Waals surface area contributed by atoms with Crippen LogP contribution in [0, 0.1) is 0 Å². The van der Waals surface area contributed by atoms with Gasteiger partial charge in [-0.15, -0.1) is 0 Å². The third kappa shape index (κ3) is 4.55. The summed E-state index contributed by atoms with van der Waals surface area (Å²) in [5.74, 6) is -0.840. The summed E-state index contributed by atoms with van der Waals surface area (Å²) in [7, 11) is -3.33. The number of aliphatic carboxylic acids is 1. The summed E-state index contributed by atoms with van der Waals surface area (Å²) < 4.78 is 24.2. The highest BCUT2D eigenvalue weighted by molar-refractivity contribution is 7.91. The van der Waals surface area contributed by atoms with Crippen LogP contribution in [-0.4, -0.2) is 31.3 Å². The van der Waals surface area contributed by atoms with E-state index in [9.17, 15) is 13.2 Å². The molecule has 0 bridgehead atoms. The van der Waals surface area contributed by atoms with Crippen LogP contribution in [0.15, 0.2) is 29.2 Å². The van der Waals surface area contributed by atoms with E-state index in [-0.39, 0.29) is 23.1 Å². The van der Waals surface area contributed by atoms with E-state index in [1.165, 1.54) is 0 Å². The van der Waals surface area contributed by atoms with Gasteiger partial charge in [0.15, 0.2) is 9.84 Å². The van der Waals surface area contributed by atoms with Gasteiger partial charge in [-0.25, -0.2) is 8.42 Å². The monoisotopic (exact) mass is 285 g/mol. The molecule has 0 fully saturated rings. The molecule has 1 aromatic rings. The predicted octanol–water partition coefficient (Wildman–Crippen LogP) is 2.15. The summed E-state index contributed by atoms with van der Waals surface area (Å²) in [5, 5.41) is 11.7. The molecule has 1 atom stereocenters. The fourth-order valence-corrected chi connectivity index (χ4v) is 3.32. The van der Waals surface area contributed by atoms with E-state index in [1.54, 1.807) is 38.1 Å². The molecule has 106 valence electrons. The topological polar surface area (TPSA) is 83.5 Å². The molecular weight excluding hydrogens is 266 g/mol. The van der Waals surface area contributed by atoms with Gasteiger partial charge >= 0.3 is 5.97 Å². The number of hydrogen-bond donors (Lipinski definition) is 2. The number of para-hydroxylation sites is 1. The van der Waals surface area contributed by atoms with Crippen LogP contribution in [0.4, 0.5) is 5.69 Å². The van der Waals surface area contributed by atoms with Crippen molar-refractivity contribution >= 4 is 21.5 Å². The predicted molar refractivity (Wildman–Crippen MR) is 74.1 cm³/mol. The Morgan fingerprint density at radius 1 is 1.37 bits per heavy atom. The van der Waals surface area contributed by atoms with Gasteiger partial charge < -0.3 is 10.4 Å². The summed E-state index contributed by atoms with van der Waals surface area (Å²) in [6.45, 7) is 3.51. The molecular formula is C13H19NO4S. The Labute approximate surface area is 113 Å². The van der Waals surface area contributed by atoms with Gasteiger partial charge in [0, 0.05) is 6.04 Å². The molecule has 0 radical (unpaired) electrons. The van der Waals surface area contributed by atoms with E-state index >= 15 is 0 Å². The number of nitrogens with one attached hydrogen (secondary N) is 1. The van der Waals surface area contributed by atoms with Crippen molar-refractivity contribution in [2.24, 2.45) is 0 Å². The maximum absolute atomic E-state index is 12.1. The SMILES string of the molecule is CCCS(=O)(=O)c1ccccc1NC(C)CC(=O)O. The van der Waals surface area contributed by atoms with Crippen LogP contribution < -0.4 is 5.32 Å². The van der Waals surface area contributed by atoms with E-state index in [4.69, 9.17) is 5.11 Å². The molecule has 0 aromatic heterocycles. The van der Waals surface area contributed by atoms with Gasteiger partial charge in [-0.2, -0.15) is 0 Å². The number of rotatable bonds is 7. The largest absolute Gasteiger partial charge is 0.481 e. The lowest BCUT2D eigenvalue weighted by Gasteiger charge is -2.16. The maximum atomic E-state index is 12.1. The number of benzene rings is 1. The number of hydrogen-bond acceptors (Lipinski definition) is 4. The molecule has 6 heteroatoms. The van der Waals surface area contributed by atoms with E-state index in [2.05, 4.69) is 5.32 Å². The molecule has 5 nitrogen and oxygen atoms in total. The van der Waals surface area contributed by atoms with Crippen molar-refractivity contribution in [1.82, 2.24) is 0 Å². The molecule has 0 saturated carbocycles. The van der Waals surface area contributed by atoms with Crippen molar-refractivity contribution < 1.29 is 18.3 Å². The zero-order chi connectivity index (χ0) is 14.5. The first-order chi connectivity index (χ1) is 8.86. The smallest absolute Gasteiger partial charge is 0.305 e. The highest BCUT2D eigenvalue weighted by atomic mass is 32.2. The van der Waals surface area contributed by atoms with E-state index in [1.807, 2.05) is 0 Å². The molecule has 0 amide bonds. The summed E-state index contributed by atoms with van der Waals surface area (Å²) in [5.41, 5.74) is 0.463. The highest BCUT2D eigenvalue weighted by Crippen LogP contribution is 2.23. The molecule has 0 heterocycles. The third-order valence-electron chi connectivity index (χ3n) is 2.58. The second kappa shape index (κ2) is 6.56. The van der Waals surface area contributed by atoms with Crippen molar-refractivity contribution in [3.63, 3.8) is 0 Å². The van der Waals surface area contributed by atoms with Crippen LogP contribution in [-0.2, 0) is 14.6 Å². The van der Waals surface area contributed by atoms with Gasteiger partial charge in [0.1, 0.15) is 0 Å². The fraction of sp³-hybridized carbons (Fsp3) is 0.462. The zero-order valence-corrected chi connectivity index (χ0v) is 11.9. The molecule has 2 N–H and O–H groups in total. The van der Waals surface area contributed by atoms with E-state index in [0.29, 0.717) is 12.1 Å². The highest BCUT2D eigenvalue weighted by Gasteiger charge is 2.18. The van der Waals surface area contributed by atoms with E-state index in [0.717, 1.165) is 0 Å². The van der Waals surface area contributed by atoms with Gasteiger partial charge in [0.05, 0.1) is 22.8 Å². The first kappa shape index (κ1) is 15.5. The Morgan fingerprint density at radius 3 is 2.58 bits per heavy atom. The Kier molecular flexibility index (Phi) is 5.35. The van der Waals surface area contributed by atoms with Gasteiger partial charge in [0.25, 0.3) is 0 Å². The van der Waals surface area contributed by atoms with Crippen molar-refractivity contribution in [2.75, 3.05) is 11.1 Å². The maximum Gasteiger partial charge on any atom is 0.305 e. The Balaban J connectivity index is 3.00. The van der Waals surface area contributed by atoms with Crippen molar-refractivity contribution in [3.05, 3.63) is 24.3 Å². The van der Waals surface area contributed by atoms with Gasteiger partial charge in [-0.3, -0.25) is 4.79 Å². The average Bonchev–Trinajstić information content (AvgIpc) is 2.28. The van der Waals surface area contributed by atoms with Crippen LogP contribution in [0.2, 0.25) is 0 Å². The van der Waals surface area contributed by atoms with E-state index < -0.39 is 15.8 Å². The normalized spacial score (nSPS) is 12.9. The second-order valence-electron chi connectivity index (χ2n) is 4.46. The molecule has 1 rings (SSSR count). The van der Waals surface area contributed by atoms with Crippen LogP contribution in [0.5, 0.6) is 0 Å². The van der Waals surface area contributed by atoms with Gasteiger partial charge in [0.2, 0.25) is 0 Å². The van der Waals surface area contributed by atoms with Crippen molar-refractivity contribution in [3.8, 4) is 0 Å². The first-order valence-corrected chi connectivity index (χ1v) is 7.82. The van der Waals surface area contributed by atoms with Gasteiger partial charge in [-0.05, 0) is 25.5 Å². The van der Waals surface area contributed by atoms with Crippen molar-refractivity contribution in [1.29, 1.82) is 0 Å². The van der Waals surface area contributed by atoms with Gasteiger partial charge in [-0.1, -0.05) is 19.1 Å². The zero-order valence-electron chi connectivity index (χ0n) is 11.1. The summed E-state index contributed by atoms with van der Waals surface area (Å²) in [4.78, 5) is 10.9. The summed E-state index contributed by atoms with van der Waals surface area (Å²) in [6.07, 6.45) is 0.476. The standard InChI is InChI=1S/C13H19NO4S/c1-3-8-19(17,18)12-7-5-4-6-11(12)14-10(2)9-13(15)16/h4-7,10,14H,3,8-9H2,1-2H3,(H,15,16). The molecule has 19 heavy (non-hydrogen) atoms. The van der Waals surface area contributed by atoms with Crippen LogP contribution in [0.3, 0.4) is 0 Å². The molecule has 0 spiro atoms. The summed E-state index contributed by atoms with van der Waals surface area (Å²) in [6, 6.07) is 6.24. The number of carbonyl (C=O) groups is 1. The van der Waals surface area contributed by atoms with Crippen LogP contribution >= 0.6 is 0 Å². The second-order valence-corrected chi connectivity index (χ2v) is 6.54. The molecule has 0 aliphatic heterocycles. The fourth-order valence-electron chi connectivity index (χ4n) is 1.81. The lowest BCUT2D eigenvalue weighted by Crippen LogP contribution is -2.21. The lowest BCUT2D eigenvalue weighted by atomic mass is 10.2. The first-order valence-electron chi connectivity index (χ1n) is 6.17. The van der Waals surface area contributed by atoms with Crippen molar-refractivity contribution in [2.45, 2.75) is 37.6 Å². The minimum atomic E-state index is -3.33. The lowest BCUT2D eigenvalue weighted by molar-refractivity contribution is -0.137. The Hall–Kier alpha value is -1.56. The number of sulfone groups is 1. The average molecular weight is 285 g/mol. The van der Waals surface area contributed by atoms with Crippen LogP contribution in [0.25, 0.3) is 0 Å². The minimum Gasteiger partial charge on any atom is -0.481 e. The quantitative estimate of drug-likeness (QED) is 0.802. The molecule has 0 aliphatic carbocycles. The minimum absolute atomic E-state index is 0.0673. The third-order valence-corrected chi connectivity index (χ3v) is 4.55. The number of carboxylic acid groups (broad SMARTS) is 1. The molecule has 1 unspecified atom stereocenters. The Bertz CT molecular complexity index is 539. The molecule has 0 aliphatic rings. The van der Waals surface area contributed by atoms with Crippen LogP contribution in [0.1, 0.15) is 26.7 Å². The number of anilines is 1. The summed E-state index contributed by atoms with van der Waals surface area (Å²) >= 11 is 0. The number of carboxylic acids is 1. The molecule has 1 aromatic carbocycles. The Morgan fingerprint density at radius 2 is 2.00 bits per heavy atom. The molecule has 0 saturated heterocycles.